The average molecular weight is 1410 g/mol. The van der Waals surface area contributed by atoms with Gasteiger partial charge in [-0.1, -0.05) is 55.7 Å². The number of rotatable bonds is 17. The molecule has 1 aliphatic carbocycles. The van der Waals surface area contributed by atoms with E-state index in [9.17, 15) is 84.5 Å². The van der Waals surface area contributed by atoms with Crippen molar-refractivity contribution in [3.05, 3.63) is 84.1 Å². The van der Waals surface area contributed by atoms with Crippen LogP contribution in [0.25, 0.3) is 26.8 Å². The molecule has 0 radical (unpaired) electrons. The van der Waals surface area contributed by atoms with Crippen molar-refractivity contribution in [3.63, 3.8) is 0 Å². The Morgan fingerprint density at radius 1 is 0.796 bits per heavy atom. The zero-order chi connectivity index (χ0) is 69.5. The van der Waals surface area contributed by atoms with Crippen LogP contribution in [0.5, 0.6) is 11.5 Å². The Hall–Kier alpha value is -7.17. The van der Waals surface area contributed by atoms with Crippen LogP contribution >= 0.6 is 23.7 Å². The number of fused-ring (bicyclic) bond motifs is 3. The number of anilines is 1. The molecule has 5 aromatic rings. The molecule has 2 aromatic heterocycles. The Morgan fingerprint density at radius 2 is 1.46 bits per heavy atom. The maximum Gasteiger partial charge on any atom is 1.00 e. The van der Waals surface area contributed by atoms with E-state index < -0.39 is 183 Å². The Balaban J connectivity index is 0.0000112. The summed E-state index contributed by atoms with van der Waals surface area (Å²) in [5.74, 6) is -12.0. The van der Waals surface area contributed by atoms with E-state index in [0.29, 0.717) is 22.3 Å². The van der Waals surface area contributed by atoms with E-state index in [2.05, 4.69) is 70.0 Å². The molecule has 3 aromatic carbocycles. The van der Waals surface area contributed by atoms with Crippen LogP contribution in [0.15, 0.2) is 72.9 Å². The molecule has 5 fully saturated rings. The number of primary amides is 1. The zero-order valence-electron chi connectivity index (χ0n) is 53.7. The van der Waals surface area contributed by atoms with Crippen molar-refractivity contribution in [3.8, 4) is 33.3 Å². The topological polar surface area (TPSA) is 478 Å². The minimum atomic E-state index is -2.54. The smallest absolute Gasteiger partial charge is 0.691 e. The molecule has 8 amide bonds. The molecular weight excluding hydrogens is 1330 g/mol. The molecule has 0 bridgehead atoms. The second-order valence-electron chi connectivity index (χ2n) is 25.0. The van der Waals surface area contributed by atoms with Crippen molar-refractivity contribution < 1.29 is 128 Å². The van der Waals surface area contributed by atoms with Gasteiger partial charge in [0, 0.05) is 93.0 Å². The molecule has 98 heavy (non-hydrogen) atoms. The van der Waals surface area contributed by atoms with E-state index in [1.54, 1.807) is 22.8 Å². The first-order valence-electron chi connectivity index (χ1n) is 31.7. The molecule has 4 aliphatic heterocycles. The van der Waals surface area contributed by atoms with Crippen LogP contribution in [-0.4, -0.2) is 242 Å². The number of aliphatic hydroxyl groups excluding tert-OH is 7. The number of hydrogen-bond donors (Lipinski definition) is 14. The quantitative estimate of drug-likeness (QED) is 0.0135. The largest absolute Gasteiger partial charge is 1.00 e. The van der Waals surface area contributed by atoms with Crippen LogP contribution in [0.2, 0.25) is 0 Å². The monoisotopic (exact) mass is 1410 g/mol. The predicted molar refractivity (Wildman–Crippen MR) is 341 cm³/mol. The zero-order valence-corrected chi connectivity index (χ0v) is 57.3. The van der Waals surface area contributed by atoms with Crippen LogP contribution in [0.3, 0.4) is 0 Å². The number of amides is 8. The van der Waals surface area contributed by atoms with Crippen molar-refractivity contribution in [2.24, 2.45) is 11.7 Å². The van der Waals surface area contributed by atoms with Crippen LogP contribution in [0.4, 0.5) is 5.69 Å². The van der Waals surface area contributed by atoms with Gasteiger partial charge in [-0.3, -0.25) is 48.3 Å². The number of nitrogens with two attached hydrogens (primary N) is 1. The first-order valence-corrected chi connectivity index (χ1v) is 33.2. The van der Waals surface area contributed by atoms with Crippen molar-refractivity contribution in [1.82, 2.24) is 55.9 Å². The molecular formula is C62H78N13NaO20S2. The normalized spacial score (nSPS) is 26.5. The number of aromatic hydroxyl groups is 1. The maximum atomic E-state index is 14.7. The molecule has 5 aliphatic rings. The molecule has 6 heterocycles. The number of nitrogens with zero attached hydrogens (tertiary/aromatic N) is 7. The average Bonchev–Trinajstić information content (AvgIpc) is 1.65. The van der Waals surface area contributed by atoms with E-state index in [-0.39, 0.29) is 53.0 Å². The maximum absolute atomic E-state index is 14.7. The van der Waals surface area contributed by atoms with E-state index in [0.717, 1.165) is 77.4 Å². The first kappa shape index (κ1) is 75.0. The van der Waals surface area contributed by atoms with Gasteiger partial charge in [0.1, 0.15) is 53.5 Å². The van der Waals surface area contributed by atoms with Gasteiger partial charge in [-0.25, -0.2) is 9.50 Å². The van der Waals surface area contributed by atoms with Crippen LogP contribution in [-0.2, 0) is 42.9 Å². The molecule has 4 saturated heterocycles. The first-order chi connectivity index (χ1) is 46.4. The van der Waals surface area contributed by atoms with Crippen molar-refractivity contribution in [1.29, 1.82) is 0 Å². The number of hydrogen-bond acceptors (Lipinski definition) is 26. The van der Waals surface area contributed by atoms with E-state index >= 15 is 0 Å². The number of carbonyl (C=O) groups is 8. The van der Waals surface area contributed by atoms with Gasteiger partial charge in [0.15, 0.2) is 11.5 Å². The summed E-state index contributed by atoms with van der Waals surface area (Å²) in [5.41, 5.74) is 8.24. The summed E-state index contributed by atoms with van der Waals surface area (Å²) in [4.78, 5) is 126. The van der Waals surface area contributed by atoms with Gasteiger partial charge in [0.05, 0.1) is 48.8 Å². The fourth-order valence-corrected chi connectivity index (χ4v) is 14.2. The van der Waals surface area contributed by atoms with Gasteiger partial charge in [0.25, 0.3) is 18.2 Å². The van der Waals surface area contributed by atoms with E-state index in [4.69, 9.17) is 20.0 Å². The SMILES string of the molecule is CC(O)C1NC(=O)[C@@H](NC(=O)c2ccc(-c3cn4nc(-c5ccc(N6CCN(C7CCCCC7)CC6)cc5)sc4n3)cc2)CC(O)CNC(=O)C2C(O)C(C)CN2C(=O)C(C(O)CC(N)=O)NC(=O)C(C(O)C(O)c2ccc(O)c(OSOO[O-])c2)NC(=O)C2CC(O)CN2C1=O.[Na+]. The van der Waals surface area contributed by atoms with Crippen molar-refractivity contribution in [2.45, 2.75) is 150 Å². The van der Waals surface area contributed by atoms with E-state index in [1.165, 1.54) is 62.5 Å². The summed E-state index contributed by atoms with van der Waals surface area (Å²) in [6, 6.07) is 5.72. The summed E-state index contributed by atoms with van der Waals surface area (Å²) in [6.45, 7) is 4.73. The third-order valence-electron chi connectivity index (χ3n) is 18.3. The van der Waals surface area contributed by atoms with Crippen molar-refractivity contribution >= 4 is 81.6 Å². The number of piperazine rings is 1. The molecule has 36 heteroatoms. The molecule has 14 atom stereocenters. The fourth-order valence-electron chi connectivity index (χ4n) is 13.0. The van der Waals surface area contributed by atoms with Gasteiger partial charge in [-0.2, -0.15) is 5.10 Å². The number of aliphatic hydroxyl groups is 7. The fraction of sp³-hybridized carbons (Fsp3) is 0.516. The number of benzene rings is 3. The third kappa shape index (κ3) is 17.5. The second-order valence-corrected chi connectivity index (χ2v) is 26.4. The minimum Gasteiger partial charge on any atom is -0.691 e. The van der Waals surface area contributed by atoms with Gasteiger partial charge in [-0.05, 0) is 73.9 Å². The summed E-state index contributed by atoms with van der Waals surface area (Å²) < 4.78 is 10.7. The molecule has 13 unspecified atom stereocenters. The minimum absolute atomic E-state index is 0. The molecule has 33 nitrogen and oxygen atoms in total. The number of carbonyl (C=O) groups excluding carboxylic acids is 8. The van der Waals surface area contributed by atoms with Gasteiger partial charge >= 0.3 is 29.6 Å². The van der Waals surface area contributed by atoms with Gasteiger partial charge < -0.3 is 97.3 Å². The molecule has 10 rings (SSSR count). The van der Waals surface area contributed by atoms with Crippen molar-refractivity contribution in [2.75, 3.05) is 50.7 Å². The molecule has 524 valence electrons. The molecule has 0 spiro atoms. The summed E-state index contributed by atoms with van der Waals surface area (Å²) in [6.07, 6.45) is -7.92. The number of imidazole rings is 1. The predicted octanol–water partition coefficient (Wildman–Crippen LogP) is -6.23. The van der Waals surface area contributed by atoms with Crippen LogP contribution in [0, 0.1) is 5.92 Å². The van der Waals surface area contributed by atoms with Gasteiger partial charge in [-0.15, -0.1) is 4.33 Å². The van der Waals surface area contributed by atoms with E-state index in [1.807, 2.05) is 0 Å². The summed E-state index contributed by atoms with van der Waals surface area (Å²) in [7, 11) is 0. The Kier molecular flexibility index (Phi) is 25.5. The second kappa shape index (κ2) is 33.3. The summed E-state index contributed by atoms with van der Waals surface area (Å²) >= 11 is 1.31. The Morgan fingerprint density at radius 3 is 2.12 bits per heavy atom. The number of phenols is 1. The third-order valence-corrected chi connectivity index (χ3v) is 19.6. The standard InChI is InChI=1S/C62H79N13O20S2.Na/c1-30-27-74-50(51(30)82)58(89)64-26-38(77)23-40(65-54(85)33-10-8-32(9-11-33)41-29-75-62(66-41)96-59(70-75)34-12-15-37(16-13-34)72-20-18-71(19-21-72)36-6-4-3-5-7-36)55(86)67-47(31(2)76)60(90)73-28-39(78)24-42(73)56(87)69-49(57(88)68-48(61(74)91)44(80)25-46(63)81)53(84)52(83)35-14-17-43(79)45(22-35)93-97-95-94-92;/h8-17,22,29-31,36,38-40,42,44,47-53,76-80,82-84,92H,3-7,18-21,23-28H2,1-2H3,(H2,63,81)(H,64,89)(H,65,85)(H,67,86)(H,68,88)(H,69,87);/q;+1/p-1/t30?,31?,38?,39?,40-,42?,44?,47?,48?,49?,50?,51?,52?,53?;/m0./s1. The van der Waals surface area contributed by atoms with Gasteiger partial charge in [0.2, 0.25) is 46.3 Å². The number of nitrogens with one attached hydrogen (secondary N) is 5. The van der Waals surface area contributed by atoms with Crippen LogP contribution in [0.1, 0.15) is 87.2 Å². The Labute approximate surface area is 591 Å². The number of β-amino-alcohol motifs (C(OH)–C–C–N with tert-alkyl or cyclic N) is 1. The molecule has 1 saturated carbocycles. The summed E-state index contributed by atoms with van der Waals surface area (Å²) in [5, 5.41) is 121. The Bertz CT molecular complexity index is 3620. The number of phenolic OH excluding ortho intramolecular Hbond substituents is 1. The van der Waals surface area contributed by atoms with Crippen LogP contribution < -0.4 is 76.2 Å². The number of aromatic nitrogens is 3. The molecule has 15 N–H and O–H groups in total.